The molecule has 0 spiro atoms. The first-order chi connectivity index (χ1) is 8.34. The number of nitrogens with two attached hydrogens (primary N) is 1. The van der Waals surface area contributed by atoms with E-state index in [-0.39, 0.29) is 5.41 Å². The van der Waals surface area contributed by atoms with Crippen molar-refractivity contribution < 1.29 is 0 Å². The third-order valence-electron chi connectivity index (χ3n) is 3.94. The Morgan fingerprint density at radius 1 is 1.22 bits per heavy atom. The molecule has 0 fully saturated rings. The number of hydrogen-bond donors (Lipinski definition) is 1. The molecule has 1 aromatic carbocycles. The highest BCUT2D eigenvalue weighted by Gasteiger charge is 2.27. The van der Waals surface area contributed by atoms with Gasteiger partial charge in [-0.05, 0) is 23.1 Å². The van der Waals surface area contributed by atoms with Crippen molar-refractivity contribution in [1.82, 2.24) is 0 Å². The Hall–Kier alpha value is -1.22. The summed E-state index contributed by atoms with van der Waals surface area (Å²) in [5.74, 6) is 0. The Labute approximate surface area is 111 Å². The van der Waals surface area contributed by atoms with Crippen LogP contribution in [0.4, 0.5) is 11.4 Å². The van der Waals surface area contributed by atoms with Crippen molar-refractivity contribution in [2.45, 2.75) is 32.2 Å². The number of nitrogens with zero attached hydrogens (tertiary/aromatic N) is 2. The van der Waals surface area contributed by atoms with Crippen LogP contribution < -0.4 is 15.5 Å². The SMILES string of the molecule is CN1CC(CN)N(C)c2ccc(C(C)(C)C)cc21. The standard InChI is InChI=1S/C15H25N3/c1-15(2,3)11-6-7-13-14(8-11)17(4)10-12(9-16)18(13)5/h6-8,12H,9-10,16H2,1-5H3. The van der Waals surface area contributed by atoms with Gasteiger partial charge in [0, 0.05) is 27.2 Å². The van der Waals surface area contributed by atoms with Crippen LogP contribution in [0.5, 0.6) is 0 Å². The molecule has 0 aliphatic carbocycles. The molecular weight excluding hydrogens is 222 g/mol. The van der Waals surface area contributed by atoms with E-state index in [9.17, 15) is 0 Å². The summed E-state index contributed by atoms with van der Waals surface area (Å²) in [5, 5.41) is 0. The molecule has 100 valence electrons. The van der Waals surface area contributed by atoms with Crippen LogP contribution in [0.15, 0.2) is 18.2 Å². The molecule has 0 amide bonds. The Morgan fingerprint density at radius 3 is 2.44 bits per heavy atom. The predicted octanol–water partition coefficient (Wildman–Crippen LogP) is 2.20. The Kier molecular flexibility index (Phi) is 3.28. The van der Waals surface area contributed by atoms with E-state index < -0.39 is 0 Å². The molecule has 1 aliphatic rings. The number of likely N-dealkylation sites (N-methyl/N-ethyl adjacent to an activating group) is 2. The smallest absolute Gasteiger partial charge is 0.0605 e. The number of hydrogen-bond acceptors (Lipinski definition) is 3. The average Bonchev–Trinajstić information content (AvgIpc) is 2.32. The first kappa shape index (κ1) is 13.2. The second kappa shape index (κ2) is 4.47. The molecule has 1 aromatic rings. The van der Waals surface area contributed by atoms with Crippen LogP contribution >= 0.6 is 0 Å². The van der Waals surface area contributed by atoms with Gasteiger partial charge >= 0.3 is 0 Å². The van der Waals surface area contributed by atoms with Crippen molar-refractivity contribution in [3.63, 3.8) is 0 Å². The minimum Gasteiger partial charge on any atom is -0.371 e. The van der Waals surface area contributed by atoms with Crippen LogP contribution in [0.25, 0.3) is 0 Å². The Morgan fingerprint density at radius 2 is 1.89 bits per heavy atom. The van der Waals surface area contributed by atoms with Gasteiger partial charge in [0.05, 0.1) is 17.4 Å². The summed E-state index contributed by atoms with van der Waals surface area (Å²) >= 11 is 0. The summed E-state index contributed by atoms with van der Waals surface area (Å²) in [7, 11) is 4.29. The van der Waals surface area contributed by atoms with Gasteiger partial charge in [0.15, 0.2) is 0 Å². The molecular formula is C15H25N3. The fourth-order valence-electron chi connectivity index (χ4n) is 2.56. The Bertz CT molecular complexity index is 434. The van der Waals surface area contributed by atoms with Crippen molar-refractivity contribution in [2.24, 2.45) is 5.73 Å². The van der Waals surface area contributed by atoms with Gasteiger partial charge in [0.1, 0.15) is 0 Å². The van der Waals surface area contributed by atoms with Gasteiger partial charge in [0.2, 0.25) is 0 Å². The monoisotopic (exact) mass is 247 g/mol. The highest BCUT2D eigenvalue weighted by atomic mass is 15.3. The maximum Gasteiger partial charge on any atom is 0.0605 e. The lowest BCUT2D eigenvalue weighted by molar-refractivity contribution is 0.584. The van der Waals surface area contributed by atoms with Crippen LogP contribution in [0.2, 0.25) is 0 Å². The fourth-order valence-corrected chi connectivity index (χ4v) is 2.56. The highest BCUT2D eigenvalue weighted by molar-refractivity contribution is 5.74. The molecule has 0 bridgehead atoms. The quantitative estimate of drug-likeness (QED) is 0.826. The zero-order valence-electron chi connectivity index (χ0n) is 12.2. The Balaban J connectivity index is 2.45. The summed E-state index contributed by atoms with van der Waals surface area (Å²) in [4.78, 5) is 4.63. The fraction of sp³-hybridized carbons (Fsp3) is 0.600. The summed E-state index contributed by atoms with van der Waals surface area (Å²) in [6, 6.07) is 7.19. The second-order valence-electron chi connectivity index (χ2n) is 6.33. The van der Waals surface area contributed by atoms with Crippen LogP contribution in [0.1, 0.15) is 26.3 Å². The molecule has 18 heavy (non-hydrogen) atoms. The van der Waals surface area contributed by atoms with Crippen LogP contribution in [0, 0.1) is 0 Å². The van der Waals surface area contributed by atoms with Crippen molar-refractivity contribution in [3.05, 3.63) is 23.8 Å². The average molecular weight is 247 g/mol. The molecule has 2 rings (SSSR count). The largest absolute Gasteiger partial charge is 0.371 e. The first-order valence-electron chi connectivity index (χ1n) is 6.63. The van der Waals surface area contributed by atoms with Gasteiger partial charge in [-0.3, -0.25) is 0 Å². The first-order valence-corrected chi connectivity index (χ1v) is 6.63. The lowest BCUT2D eigenvalue weighted by atomic mass is 9.86. The van der Waals surface area contributed by atoms with Crippen molar-refractivity contribution in [1.29, 1.82) is 0 Å². The number of fused-ring (bicyclic) bond motifs is 1. The molecule has 0 saturated heterocycles. The zero-order chi connectivity index (χ0) is 13.5. The topological polar surface area (TPSA) is 32.5 Å². The van der Waals surface area contributed by atoms with E-state index in [1.807, 2.05) is 0 Å². The second-order valence-corrected chi connectivity index (χ2v) is 6.33. The molecule has 0 radical (unpaired) electrons. The maximum absolute atomic E-state index is 5.84. The summed E-state index contributed by atoms with van der Waals surface area (Å²) < 4.78 is 0. The van der Waals surface area contributed by atoms with Crippen molar-refractivity contribution in [3.8, 4) is 0 Å². The molecule has 0 saturated carbocycles. The van der Waals surface area contributed by atoms with E-state index in [1.165, 1.54) is 16.9 Å². The molecule has 1 unspecified atom stereocenters. The molecule has 3 nitrogen and oxygen atoms in total. The number of benzene rings is 1. The number of rotatable bonds is 1. The molecule has 1 heterocycles. The van der Waals surface area contributed by atoms with E-state index >= 15 is 0 Å². The van der Waals surface area contributed by atoms with Gasteiger partial charge in [-0.1, -0.05) is 26.8 Å². The van der Waals surface area contributed by atoms with Gasteiger partial charge in [-0.15, -0.1) is 0 Å². The van der Waals surface area contributed by atoms with E-state index in [4.69, 9.17) is 5.73 Å². The third-order valence-corrected chi connectivity index (χ3v) is 3.94. The van der Waals surface area contributed by atoms with Crippen molar-refractivity contribution in [2.75, 3.05) is 37.0 Å². The highest BCUT2D eigenvalue weighted by Crippen LogP contribution is 2.37. The molecule has 1 aliphatic heterocycles. The maximum atomic E-state index is 5.84. The van der Waals surface area contributed by atoms with Gasteiger partial charge in [0.25, 0.3) is 0 Å². The molecule has 3 heteroatoms. The number of anilines is 2. The molecule has 2 N–H and O–H groups in total. The zero-order valence-corrected chi connectivity index (χ0v) is 12.2. The lowest BCUT2D eigenvalue weighted by Crippen LogP contribution is -2.49. The van der Waals surface area contributed by atoms with Gasteiger partial charge < -0.3 is 15.5 Å². The van der Waals surface area contributed by atoms with Gasteiger partial charge in [-0.25, -0.2) is 0 Å². The summed E-state index contributed by atoms with van der Waals surface area (Å²) in [5.41, 5.74) is 10.0. The third kappa shape index (κ3) is 2.19. The lowest BCUT2D eigenvalue weighted by Gasteiger charge is -2.41. The molecule has 0 aromatic heterocycles. The van der Waals surface area contributed by atoms with E-state index in [0.29, 0.717) is 12.6 Å². The van der Waals surface area contributed by atoms with Crippen LogP contribution in [-0.4, -0.2) is 33.2 Å². The normalized spacial score (nSPS) is 20.0. The summed E-state index contributed by atoms with van der Waals surface area (Å²) in [6.45, 7) is 8.45. The van der Waals surface area contributed by atoms with Crippen LogP contribution in [-0.2, 0) is 5.41 Å². The van der Waals surface area contributed by atoms with E-state index in [2.05, 4.69) is 62.9 Å². The van der Waals surface area contributed by atoms with E-state index in [0.717, 1.165) is 6.54 Å². The predicted molar refractivity (Wildman–Crippen MR) is 79.7 cm³/mol. The van der Waals surface area contributed by atoms with Gasteiger partial charge in [-0.2, -0.15) is 0 Å². The van der Waals surface area contributed by atoms with Crippen molar-refractivity contribution >= 4 is 11.4 Å². The van der Waals surface area contributed by atoms with E-state index in [1.54, 1.807) is 0 Å². The van der Waals surface area contributed by atoms with Crippen LogP contribution in [0.3, 0.4) is 0 Å². The minimum atomic E-state index is 0.194. The molecule has 1 atom stereocenters. The summed E-state index contributed by atoms with van der Waals surface area (Å²) in [6.07, 6.45) is 0. The minimum absolute atomic E-state index is 0.194.